The molecule has 7 heteroatoms. The van der Waals surface area contributed by atoms with Gasteiger partial charge in [0, 0.05) is 5.56 Å². The van der Waals surface area contributed by atoms with Crippen molar-refractivity contribution in [1.29, 1.82) is 0 Å². The number of aliphatic carboxylic acids is 1. The van der Waals surface area contributed by atoms with Gasteiger partial charge in [0.25, 0.3) is 5.56 Å². The quantitative estimate of drug-likeness (QED) is 0.640. The number of rotatable bonds is 5. The van der Waals surface area contributed by atoms with Crippen LogP contribution in [0.5, 0.6) is 5.75 Å². The van der Waals surface area contributed by atoms with Crippen molar-refractivity contribution < 1.29 is 14.6 Å². The number of carbonyl (C=O) groups excluding carboxylic acids is 1. The van der Waals surface area contributed by atoms with E-state index in [2.05, 4.69) is 10.1 Å². The highest BCUT2D eigenvalue weighted by Crippen LogP contribution is 2.16. The fourth-order valence-electron chi connectivity index (χ4n) is 2.35. The van der Waals surface area contributed by atoms with Gasteiger partial charge in [0.15, 0.2) is 0 Å². The zero-order chi connectivity index (χ0) is 17.8. The van der Waals surface area contributed by atoms with E-state index in [1.54, 1.807) is 49.4 Å². The Hall–Kier alpha value is -3.48. The first-order chi connectivity index (χ1) is 12.1. The molecule has 0 saturated heterocycles. The van der Waals surface area contributed by atoms with Gasteiger partial charge in [0.2, 0.25) is 0 Å². The number of nitrogens with zero attached hydrogens (tertiary/aromatic N) is 3. The second-order valence-electron chi connectivity index (χ2n) is 5.24. The van der Waals surface area contributed by atoms with Crippen molar-refractivity contribution in [3.8, 4) is 5.75 Å². The number of benzene rings is 2. The Kier molecular flexibility index (Phi) is 4.56. The number of aromatic nitrogens is 2. The van der Waals surface area contributed by atoms with E-state index in [-0.39, 0.29) is 5.56 Å². The lowest BCUT2D eigenvalue weighted by Gasteiger charge is -2.09. The number of aryl methyl sites for hydroxylation is 1. The molecule has 7 nitrogen and oxygen atoms in total. The van der Waals surface area contributed by atoms with Gasteiger partial charge < -0.3 is 14.6 Å². The molecule has 0 radical (unpaired) electrons. The fraction of sp³-hybridized carbons (Fsp3) is 0.111. The minimum Gasteiger partial charge on any atom is -0.546 e. The van der Waals surface area contributed by atoms with Crippen LogP contribution < -0.4 is 15.4 Å². The Bertz CT molecular complexity index is 1020. The summed E-state index contributed by atoms with van der Waals surface area (Å²) in [5, 5.41) is 15.2. The van der Waals surface area contributed by atoms with Crippen molar-refractivity contribution in [2.45, 2.75) is 6.92 Å². The number of carboxylic acid groups (broad SMARTS) is 1. The van der Waals surface area contributed by atoms with Gasteiger partial charge in [-0.05, 0) is 31.2 Å². The SMILES string of the molecule is Cc1nc2ccccc2c(=O)n1/N=C\c1ccccc1OCC(=O)[O-]. The van der Waals surface area contributed by atoms with Crippen molar-refractivity contribution in [2.24, 2.45) is 5.10 Å². The maximum absolute atomic E-state index is 12.6. The summed E-state index contributed by atoms with van der Waals surface area (Å²) >= 11 is 0. The zero-order valence-electron chi connectivity index (χ0n) is 13.4. The summed E-state index contributed by atoms with van der Waals surface area (Å²) in [6.07, 6.45) is 1.43. The molecule has 126 valence electrons. The van der Waals surface area contributed by atoms with Crippen molar-refractivity contribution >= 4 is 23.1 Å². The summed E-state index contributed by atoms with van der Waals surface area (Å²) < 4.78 is 6.35. The highest BCUT2D eigenvalue weighted by Gasteiger charge is 2.07. The molecule has 25 heavy (non-hydrogen) atoms. The molecule has 1 aromatic heterocycles. The molecule has 0 N–H and O–H groups in total. The van der Waals surface area contributed by atoms with Crippen LogP contribution in [0.4, 0.5) is 0 Å². The van der Waals surface area contributed by atoms with Crippen LogP contribution in [0.2, 0.25) is 0 Å². The number of ether oxygens (including phenoxy) is 1. The third-order valence-corrected chi connectivity index (χ3v) is 3.49. The summed E-state index contributed by atoms with van der Waals surface area (Å²) in [6, 6.07) is 13.8. The van der Waals surface area contributed by atoms with Gasteiger partial charge in [-0.15, -0.1) is 0 Å². The van der Waals surface area contributed by atoms with Gasteiger partial charge in [0.1, 0.15) is 18.2 Å². The van der Waals surface area contributed by atoms with Gasteiger partial charge in [-0.3, -0.25) is 4.79 Å². The Labute approximate surface area is 142 Å². The number of fused-ring (bicyclic) bond motifs is 1. The molecule has 3 aromatic rings. The van der Waals surface area contributed by atoms with Gasteiger partial charge in [-0.25, -0.2) is 4.98 Å². The lowest BCUT2D eigenvalue weighted by Crippen LogP contribution is -2.29. The largest absolute Gasteiger partial charge is 0.546 e. The van der Waals surface area contributed by atoms with E-state index >= 15 is 0 Å². The van der Waals surface area contributed by atoms with E-state index in [4.69, 9.17) is 4.74 Å². The number of hydrogen-bond donors (Lipinski definition) is 0. The maximum atomic E-state index is 12.6. The molecule has 2 aromatic carbocycles. The summed E-state index contributed by atoms with van der Waals surface area (Å²) in [7, 11) is 0. The summed E-state index contributed by atoms with van der Waals surface area (Å²) in [6.45, 7) is 1.12. The van der Waals surface area contributed by atoms with Crippen LogP contribution in [0.15, 0.2) is 58.4 Å². The van der Waals surface area contributed by atoms with E-state index < -0.39 is 12.6 Å². The Morgan fingerprint density at radius 1 is 1.24 bits per heavy atom. The molecule has 0 saturated carbocycles. The average Bonchev–Trinajstić information content (AvgIpc) is 2.60. The van der Waals surface area contributed by atoms with E-state index in [9.17, 15) is 14.7 Å². The van der Waals surface area contributed by atoms with E-state index in [0.717, 1.165) is 0 Å². The molecule has 0 unspecified atom stereocenters. The smallest absolute Gasteiger partial charge is 0.282 e. The minimum absolute atomic E-state index is 0.285. The molecule has 0 amide bonds. The van der Waals surface area contributed by atoms with Crippen molar-refractivity contribution in [3.05, 3.63) is 70.3 Å². The lowest BCUT2D eigenvalue weighted by atomic mass is 10.2. The van der Waals surface area contributed by atoms with Gasteiger partial charge in [-0.2, -0.15) is 9.78 Å². The van der Waals surface area contributed by atoms with E-state index in [1.165, 1.54) is 10.9 Å². The average molecular weight is 336 g/mol. The number of hydrogen-bond acceptors (Lipinski definition) is 6. The third kappa shape index (κ3) is 3.55. The molecule has 0 spiro atoms. The van der Waals surface area contributed by atoms with Gasteiger partial charge in [-0.1, -0.05) is 24.3 Å². The van der Waals surface area contributed by atoms with E-state index in [1.807, 2.05) is 6.07 Å². The molecule has 3 rings (SSSR count). The van der Waals surface area contributed by atoms with Crippen LogP contribution in [0.3, 0.4) is 0 Å². The summed E-state index contributed by atoms with van der Waals surface area (Å²) in [5.74, 6) is -0.555. The molecular weight excluding hydrogens is 322 g/mol. The molecule has 0 fully saturated rings. The van der Waals surface area contributed by atoms with Crippen LogP contribution in [-0.4, -0.2) is 28.5 Å². The summed E-state index contributed by atoms with van der Waals surface area (Å²) in [4.78, 5) is 27.5. The van der Waals surface area contributed by atoms with Crippen LogP contribution in [0.1, 0.15) is 11.4 Å². The Morgan fingerprint density at radius 2 is 1.96 bits per heavy atom. The number of carboxylic acids is 1. The van der Waals surface area contributed by atoms with Crippen LogP contribution >= 0.6 is 0 Å². The minimum atomic E-state index is -1.32. The molecule has 0 aliphatic rings. The highest BCUT2D eigenvalue weighted by molar-refractivity contribution is 5.84. The molecule has 0 bridgehead atoms. The Morgan fingerprint density at radius 3 is 2.76 bits per heavy atom. The molecule has 0 aliphatic carbocycles. The molecular formula is C18H14N3O4-. The van der Waals surface area contributed by atoms with Gasteiger partial charge in [0.05, 0.1) is 23.1 Å². The highest BCUT2D eigenvalue weighted by atomic mass is 16.5. The normalized spacial score (nSPS) is 11.1. The van der Waals surface area contributed by atoms with Crippen molar-refractivity contribution in [2.75, 3.05) is 6.61 Å². The fourth-order valence-corrected chi connectivity index (χ4v) is 2.35. The van der Waals surface area contributed by atoms with Crippen LogP contribution in [0, 0.1) is 6.92 Å². The van der Waals surface area contributed by atoms with Gasteiger partial charge >= 0.3 is 0 Å². The maximum Gasteiger partial charge on any atom is 0.282 e. The topological polar surface area (TPSA) is 96.6 Å². The molecule has 0 atom stereocenters. The first-order valence-electron chi connectivity index (χ1n) is 7.50. The number of para-hydroxylation sites is 2. The number of carbonyl (C=O) groups is 1. The second kappa shape index (κ2) is 6.96. The van der Waals surface area contributed by atoms with Crippen LogP contribution in [0.25, 0.3) is 10.9 Å². The predicted molar refractivity (Wildman–Crippen MR) is 90.7 cm³/mol. The summed E-state index contributed by atoms with van der Waals surface area (Å²) in [5.41, 5.74) is 0.852. The van der Waals surface area contributed by atoms with E-state index in [0.29, 0.717) is 28.0 Å². The molecule has 1 heterocycles. The molecule has 0 aliphatic heterocycles. The lowest BCUT2D eigenvalue weighted by molar-refractivity contribution is -0.307. The van der Waals surface area contributed by atoms with Crippen LogP contribution in [-0.2, 0) is 4.79 Å². The third-order valence-electron chi connectivity index (χ3n) is 3.49. The van der Waals surface area contributed by atoms with Crippen molar-refractivity contribution in [3.63, 3.8) is 0 Å². The first kappa shape index (κ1) is 16.4. The van der Waals surface area contributed by atoms with Crippen molar-refractivity contribution in [1.82, 2.24) is 9.66 Å². The standard InChI is InChI=1S/C18H15N3O4/c1-12-20-15-8-4-3-7-14(15)18(24)21(12)19-10-13-6-2-5-9-16(13)25-11-17(22)23/h2-10H,11H2,1H3,(H,22,23)/p-1/b19-10-. The second-order valence-corrected chi connectivity index (χ2v) is 5.24. The monoisotopic (exact) mass is 336 g/mol. The first-order valence-corrected chi connectivity index (χ1v) is 7.50. The predicted octanol–water partition coefficient (Wildman–Crippen LogP) is 0.716. The zero-order valence-corrected chi connectivity index (χ0v) is 13.4. The Balaban J connectivity index is 1.99.